The molecule has 8 nitrogen and oxygen atoms in total. The molecule has 0 bridgehead atoms. The van der Waals surface area contributed by atoms with Gasteiger partial charge in [0.25, 0.3) is 15.9 Å². The average molecular weight is 444 g/mol. The van der Waals surface area contributed by atoms with E-state index in [0.717, 1.165) is 22.6 Å². The molecule has 30 heavy (non-hydrogen) atoms. The molecule has 1 N–H and O–H groups in total. The molecule has 4 rings (SSSR count). The zero-order valence-electron chi connectivity index (χ0n) is 16.4. The highest BCUT2D eigenvalue weighted by molar-refractivity contribution is 7.91. The van der Waals surface area contributed by atoms with Crippen LogP contribution in [0.4, 0.5) is 10.8 Å². The molecule has 10 heteroatoms. The number of aromatic nitrogens is 2. The fourth-order valence-corrected chi connectivity index (χ4v) is 5.63. The molecule has 0 aliphatic carbocycles. The molecule has 0 unspecified atom stereocenters. The summed E-state index contributed by atoms with van der Waals surface area (Å²) in [5.74, 6) is -0.355. The number of hydrogen-bond donors (Lipinski definition) is 1. The standard InChI is InChI=1S/C20H21N5O3S2/c1-15-7-9-16(10-8-15)18(26)21-19-22-23-20(29-19)30(27,28)25-13-11-24(12-14-25)17-5-3-2-4-6-17/h2-10H,11-14H2,1H3,(H,21,22,26). The molecule has 0 radical (unpaired) electrons. The molecule has 0 saturated carbocycles. The minimum atomic E-state index is -3.75. The van der Waals surface area contributed by atoms with Gasteiger partial charge in [-0.15, -0.1) is 10.2 Å². The second-order valence-corrected chi connectivity index (χ2v) is 10.0. The van der Waals surface area contributed by atoms with Crippen LogP contribution in [0.15, 0.2) is 58.9 Å². The predicted octanol–water partition coefficient (Wildman–Crippen LogP) is 2.61. The van der Waals surface area contributed by atoms with Gasteiger partial charge in [-0.25, -0.2) is 8.42 Å². The Kier molecular flexibility index (Phi) is 5.80. The van der Waals surface area contributed by atoms with Crippen molar-refractivity contribution in [2.24, 2.45) is 0 Å². The van der Waals surface area contributed by atoms with E-state index >= 15 is 0 Å². The van der Waals surface area contributed by atoms with E-state index in [9.17, 15) is 13.2 Å². The highest BCUT2D eigenvalue weighted by Crippen LogP contribution is 2.25. The Balaban J connectivity index is 1.41. The van der Waals surface area contributed by atoms with Crippen molar-refractivity contribution in [2.75, 3.05) is 36.4 Å². The SMILES string of the molecule is Cc1ccc(C(=O)Nc2nnc(S(=O)(=O)N3CCN(c4ccccc4)CC3)s2)cc1. The van der Waals surface area contributed by atoms with E-state index in [0.29, 0.717) is 31.7 Å². The molecular weight excluding hydrogens is 422 g/mol. The molecule has 1 aromatic heterocycles. The lowest BCUT2D eigenvalue weighted by atomic mass is 10.1. The van der Waals surface area contributed by atoms with Gasteiger partial charge in [0, 0.05) is 37.4 Å². The van der Waals surface area contributed by atoms with Gasteiger partial charge in [0.15, 0.2) is 0 Å². The van der Waals surface area contributed by atoms with Crippen LogP contribution in [-0.2, 0) is 10.0 Å². The van der Waals surface area contributed by atoms with Crippen LogP contribution >= 0.6 is 11.3 Å². The smallest absolute Gasteiger partial charge is 0.272 e. The minimum absolute atomic E-state index is 0.116. The first-order chi connectivity index (χ1) is 14.4. The average Bonchev–Trinajstić information content (AvgIpc) is 3.24. The van der Waals surface area contributed by atoms with Crippen molar-refractivity contribution in [1.82, 2.24) is 14.5 Å². The molecule has 1 aliphatic rings. The summed E-state index contributed by atoms with van der Waals surface area (Å²) in [4.78, 5) is 14.5. The first-order valence-electron chi connectivity index (χ1n) is 9.45. The number of sulfonamides is 1. The van der Waals surface area contributed by atoms with E-state index in [1.54, 1.807) is 12.1 Å². The summed E-state index contributed by atoms with van der Waals surface area (Å²) in [7, 11) is -3.75. The van der Waals surface area contributed by atoms with Crippen molar-refractivity contribution in [3.63, 3.8) is 0 Å². The van der Waals surface area contributed by atoms with Crippen molar-refractivity contribution < 1.29 is 13.2 Å². The fourth-order valence-electron chi connectivity index (χ4n) is 3.17. The Labute approximate surface area is 179 Å². The number of piperazine rings is 1. The van der Waals surface area contributed by atoms with Gasteiger partial charge in [-0.1, -0.05) is 47.2 Å². The maximum atomic E-state index is 12.9. The van der Waals surface area contributed by atoms with Crippen molar-refractivity contribution in [3.05, 3.63) is 65.7 Å². The Morgan fingerprint density at radius 3 is 2.30 bits per heavy atom. The lowest BCUT2D eigenvalue weighted by molar-refractivity contribution is 0.102. The molecule has 1 fully saturated rings. The lowest BCUT2D eigenvalue weighted by Gasteiger charge is -2.34. The first kappa shape index (κ1) is 20.5. The molecular formula is C20H21N5O3S2. The van der Waals surface area contributed by atoms with Gasteiger partial charge >= 0.3 is 0 Å². The van der Waals surface area contributed by atoms with Gasteiger partial charge in [0.1, 0.15) is 0 Å². The normalized spacial score (nSPS) is 15.2. The topological polar surface area (TPSA) is 95.5 Å². The number of nitrogens with one attached hydrogen (secondary N) is 1. The zero-order chi connectivity index (χ0) is 21.1. The third kappa shape index (κ3) is 4.35. The van der Waals surface area contributed by atoms with Crippen molar-refractivity contribution in [2.45, 2.75) is 11.3 Å². The summed E-state index contributed by atoms with van der Waals surface area (Å²) in [6, 6.07) is 17.0. The van der Waals surface area contributed by atoms with Crippen LogP contribution in [-0.4, -0.2) is 55.0 Å². The van der Waals surface area contributed by atoms with Gasteiger partial charge in [-0.2, -0.15) is 4.31 Å². The van der Waals surface area contributed by atoms with E-state index in [4.69, 9.17) is 0 Å². The molecule has 1 saturated heterocycles. The van der Waals surface area contributed by atoms with Crippen LogP contribution in [0.5, 0.6) is 0 Å². The first-order valence-corrected chi connectivity index (χ1v) is 11.7. The van der Waals surface area contributed by atoms with Gasteiger partial charge < -0.3 is 4.90 Å². The van der Waals surface area contributed by atoms with Crippen LogP contribution in [0.1, 0.15) is 15.9 Å². The summed E-state index contributed by atoms with van der Waals surface area (Å²) >= 11 is 0.859. The zero-order valence-corrected chi connectivity index (χ0v) is 18.0. The third-order valence-electron chi connectivity index (χ3n) is 4.86. The van der Waals surface area contributed by atoms with E-state index in [2.05, 4.69) is 20.4 Å². The Morgan fingerprint density at radius 1 is 0.967 bits per heavy atom. The monoisotopic (exact) mass is 443 g/mol. The molecule has 156 valence electrons. The highest BCUT2D eigenvalue weighted by atomic mass is 32.2. The number of hydrogen-bond acceptors (Lipinski definition) is 7. The van der Waals surface area contributed by atoms with E-state index < -0.39 is 10.0 Å². The summed E-state index contributed by atoms with van der Waals surface area (Å²) in [6.45, 7) is 3.85. The number of carbonyl (C=O) groups is 1. The largest absolute Gasteiger partial charge is 0.369 e. The molecule has 3 aromatic rings. The molecule has 0 spiro atoms. The van der Waals surface area contributed by atoms with Crippen LogP contribution in [0.2, 0.25) is 0 Å². The number of benzene rings is 2. The van der Waals surface area contributed by atoms with Crippen LogP contribution in [0, 0.1) is 6.92 Å². The molecule has 1 aliphatic heterocycles. The van der Waals surface area contributed by atoms with Crippen LogP contribution in [0.3, 0.4) is 0 Å². The lowest BCUT2D eigenvalue weighted by Crippen LogP contribution is -2.48. The van der Waals surface area contributed by atoms with Crippen LogP contribution < -0.4 is 10.2 Å². The highest BCUT2D eigenvalue weighted by Gasteiger charge is 2.32. The molecule has 0 atom stereocenters. The number of aryl methyl sites for hydroxylation is 1. The summed E-state index contributed by atoms with van der Waals surface area (Å²) in [6.07, 6.45) is 0. The van der Waals surface area contributed by atoms with Crippen LogP contribution in [0.25, 0.3) is 0 Å². The summed E-state index contributed by atoms with van der Waals surface area (Å²) in [5.41, 5.74) is 2.59. The Hall–Kier alpha value is -2.82. The third-order valence-corrected chi connectivity index (χ3v) is 7.94. The van der Waals surface area contributed by atoms with Crippen molar-refractivity contribution in [3.8, 4) is 0 Å². The molecule has 2 heterocycles. The number of nitrogens with zero attached hydrogens (tertiary/aromatic N) is 4. The predicted molar refractivity (Wildman–Crippen MR) is 116 cm³/mol. The van der Waals surface area contributed by atoms with Gasteiger partial charge in [-0.05, 0) is 31.2 Å². The van der Waals surface area contributed by atoms with Gasteiger partial charge in [-0.3, -0.25) is 10.1 Å². The number of para-hydroxylation sites is 1. The van der Waals surface area contributed by atoms with E-state index in [1.807, 2.05) is 49.4 Å². The second kappa shape index (κ2) is 8.50. The number of rotatable bonds is 5. The van der Waals surface area contributed by atoms with Crippen molar-refractivity contribution in [1.29, 1.82) is 0 Å². The van der Waals surface area contributed by atoms with Gasteiger partial charge in [0.2, 0.25) is 9.47 Å². The Bertz CT molecular complexity index is 1120. The maximum absolute atomic E-state index is 12.9. The van der Waals surface area contributed by atoms with E-state index in [1.165, 1.54) is 4.31 Å². The van der Waals surface area contributed by atoms with Gasteiger partial charge in [0.05, 0.1) is 0 Å². The summed E-state index contributed by atoms with van der Waals surface area (Å²) < 4.78 is 27.2. The van der Waals surface area contributed by atoms with Crippen molar-refractivity contribution >= 4 is 38.1 Å². The number of anilines is 2. The minimum Gasteiger partial charge on any atom is -0.369 e. The molecule has 1 amide bonds. The quantitative estimate of drug-likeness (QED) is 0.609. The molecule has 2 aromatic carbocycles. The number of carbonyl (C=O) groups excluding carboxylic acids is 1. The summed E-state index contributed by atoms with van der Waals surface area (Å²) in [5, 5.41) is 10.4. The van der Waals surface area contributed by atoms with E-state index in [-0.39, 0.29) is 15.4 Å². The fraction of sp³-hybridized carbons (Fsp3) is 0.250. The Morgan fingerprint density at radius 2 is 1.63 bits per heavy atom. The second-order valence-electron chi connectivity index (χ2n) is 6.92. The maximum Gasteiger partial charge on any atom is 0.272 e. The number of amides is 1.